The Bertz CT molecular complexity index is 1410. The summed E-state index contributed by atoms with van der Waals surface area (Å²) in [6.07, 6.45) is 0.910. The van der Waals surface area contributed by atoms with Crippen molar-refractivity contribution in [1.82, 2.24) is 9.78 Å². The Labute approximate surface area is 196 Å². The highest BCUT2D eigenvalue weighted by Gasteiger charge is 2.19. The minimum absolute atomic E-state index is 0.157. The van der Waals surface area contributed by atoms with E-state index in [1.165, 1.54) is 22.4 Å². The van der Waals surface area contributed by atoms with Gasteiger partial charge in [-0.15, -0.1) is 0 Å². The maximum atomic E-state index is 13.2. The summed E-state index contributed by atoms with van der Waals surface area (Å²) in [4.78, 5) is 39.2. The Kier molecular flexibility index (Phi) is 6.54. The summed E-state index contributed by atoms with van der Waals surface area (Å²) in [5, 5.41) is 14.8. The van der Waals surface area contributed by atoms with Crippen LogP contribution < -0.4 is 10.5 Å². The van der Waals surface area contributed by atoms with Gasteiger partial charge in [0.15, 0.2) is 0 Å². The molecule has 0 bridgehead atoms. The molecule has 0 aliphatic heterocycles. The van der Waals surface area contributed by atoms with Gasteiger partial charge in [-0.25, -0.2) is 9.48 Å². The number of aryl methyl sites for hydroxylation is 1. The van der Waals surface area contributed by atoms with Gasteiger partial charge < -0.3 is 10.0 Å². The number of carboxylic acid groups (broad SMARTS) is 1. The van der Waals surface area contributed by atoms with Crippen molar-refractivity contribution in [1.29, 1.82) is 0 Å². The van der Waals surface area contributed by atoms with Crippen LogP contribution in [-0.4, -0.2) is 33.3 Å². The quantitative estimate of drug-likeness (QED) is 0.447. The lowest BCUT2D eigenvalue weighted by Gasteiger charge is -2.22. The zero-order valence-electron chi connectivity index (χ0n) is 19.1. The van der Waals surface area contributed by atoms with Crippen molar-refractivity contribution in [3.63, 3.8) is 0 Å². The number of rotatable bonds is 7. The van der Waals surface area contributed by atoms with Crippen LogP contribution in [0.3, 0.4) is 0 Å². The third kappa shape index (κ3) is 4.45. The van der Waals surface area contributed by atoms with Gasteiger partial charge in [-0.2, -0.15) is 5.10 Å². The second-order valence-corrected chi connectivity index (χ2v) is 7.90. The van der Waals surface area contributed by atoms with Gasteiger partial charge in [-0.05, 0) is 49.2 Å². The van der Waals surface area contributed by atoms with E-state index in [2.05, 4.69) is 12.0 Å². The maximum Gasteiger partial charge on any atom is 0.335 e. The maximum absolute atomic E-state index is 13.2. The number of fused-ring (bicyclic) bond motifs is 1. The average Bonchev–Trinajstić information content (AvgIpc) is 2.86. The van der Waals surface area contributed by atoms with Crippen molar-refractivity contribution in [3.05, 3.63) is 94.3 Å². The first-order valence-electron chi connectivity index (χ1n) is 11.2. The first-order chi connectivity index (χ1) is 16.4. The normalized spacial score (nSPS) is 10.9. The first-order valence-corrected chi connectivity index (χ1v) is 11.2. The number of anilines is 1. The lowest BCUT2D eigenvalue weighted by Crippen LogP contribution is -2.37. The zero-order chi connectivity index (χ0) is 24.2. The number of aromatic nitrogens is 2. The molecule has 7 nitrogen and oxygen atoms in total. The number of carbonyl (C=O) groups is 2. The molecule has 0 atom stereocenters. The Morgan fingerprint density at radius 1 is 0.912 bits per heavy atom. The molecule has 4 aromatic rings. The summed E-state index contributed by atoms with van der Waals surface area (Å²) in [5.41, 5.74) is 2.91. The summed E-state index contributed by atoms with van der Waals surface area (Å²) in [7, 11) is 0. The van der Waals surface area contributed by atoms with Crippen molar-refractivity contribution in [2.45, 2.75) is 26.8 Å². The summed E-state index contributed by atoms with van der Waals surface area (Å²) >= 11 is 0. The smallest absolute Gasteiger partial charge is 0.335 e. The van der Waals surface area contributed by atoms with Crippen molar-refractivity contribution >= 4 is 28.3 Å². The van der Waals surface area contributed by atoms with E-state index in [1.54, 1.807) is 35.2 Å². The molecule has 34 heavy (non-hydrogen) atoms. The molecule has 0 aliphatic rings. The van der Waals surface area contributed by atoms with Crippen LogP contribution >= 0.6 is 0 Å². The fraction of sp³-hybridized carbons (Fsp3) is 0.185. The van der Waals surface area contributed by atoms with Crippen molar-refractivity contribution < 1.29 is 14.7 Å². The fourth-order valence-corrected chi connectivity index (χ4v) is 3.95. The van der Waals surface area contributed by atoms with Crippen molar-refractivity contribution in [2.24, 2.45) is 0 Å². The molecule has 0 radical (unpaired) electrons. The number of benzene rings is 3. The predicted molar refractivity (Wildman–Crippen MR) is 132 cm³/mol. The lowest BCUT2D eigenvalue weighted by atomic mass is 10.0. The van der Waals surface area contributed by atoms with Gasteiger partial charge in [0.05, 0.1) is 16.6 Å². The van der Waals surface area contributed by atoms with Gasteiger partial charge in [0.1, 0.15) is 6.54 Å². The monoisotopic (exact) mass is 455 g/mol. The number of aromatic carboxylic acids is 1. The van der Waals surface area contributed by atoms with Crippen LogP contribution in [0.5, 0.6) is 0 Å². The highest BCUT2D eigenvalue weighted by atomic mass is 16.4. The second-order valence-electron chi connectivity index (χ2n) is 7.90. The molecule has 0 unspecified atom stereocenters. The number of hydrogen-bond acceptors (Lipinski definition) is 4. The van der Waals surface area contributed by atoms with Crippen LogP contribution in [0.2, 0.25) is 0 Å². The molecule has 0 spiro atoms. The predicted octanol–water partition coefficient (Wildman–Crippen LogP) is 4.38. The van der Waals surface area contributed by atoms with Crippen molar-refractivity contribution in [3.8, 4) is 11.3 Å². The van der Waals surface area contributed by atoms with Gasteiger partial charge in [0, 0.05) is 23.2 Å². The molecule has 1 aromatic heterocycles. The topological polar surface area (TPSA) is 92.5 Å². The molecule has 3 aromatic carbocycles. The van der Waals surface area contributed by atoms with E-state index in [4.69, 9.17) is 0 Å². The van der Waals surface area contributed by atoms with Crippen molar-refractivity contribution in [2.75, 3.05) is 11.4 Å². The van der Waals surface area contributed by atoms with E-state index in [0.717, 1.165) is 12.1 Å². The molecular weight excluding hydrogens is 430 g/mol. The second kappa shape index (κ2) is 9.70. The molecular formula is C27H25N3O4. The first kappa shape index (κ1) is 22.9. The number of amides is 1. The van der Waals surface area contributed by atoms with E-state index in [0.29, 0.717) is 28.6 Å². The molecule has 0 saturated carbocycles. The van der Waals surface area contributed by atoms with Crippen LogP contribution in [-0.2, 0) is 17.8 Å². The summed E-state index contributed by atoms with van der Waals surface area (Å²) < 4.78 is 1.19. The van der Waals surface area contributed by atoms with E-state index in [-0.39, 0.29) is 23.6 Å². The molecule has 7 heteroatoms. The summed E-state index contributed by atoms with van der Waals surface area (Å²) in [5.74, 6) is -1.27. The number of carboxylic acids is 1. The number of hydrogen-bond donors (Lipinski definition) is 1. The molecule has 1 amide bonds. The van der Waals surface area contributed by atoms with Gasteiger partial charge in [-0.3, -0.25) is 9.59 Å². The Morgan fingerprint density at radius 3 is 2.15 bits per heavy atom. The third-order valence-corrected chi connectivity index (χ3v) is 5.83. The molecule has 172 valence electrons. The van der Waals surface area contributed by atoms with Gasteiger partial charge >= 0.3 is 5.97 Å². The standard InChI is InChI=1S/C27H25N3O4/c1-3-18-9-15-21(16-10-18)29(4-2)24(31)17-30-26(32)23-8-6-5-7-22(23)25(28-30)19-11-13-20(14-12-19)27(33)34/h5-16H,3-4,17H2,1-2H3,(H,33,34). The Hall–Kier alpha value is -4.26. The Balaban J connectivity index is 1.75. The molecule has 1 heterocycles. The highest BCUT2D eigenvalue weighted by molar-refractivity contribution is 5.96. The van der Waals surface area contributed by atoms with Gasteiger partial charge in [-0.1, -0.05) is 49.4 Å². The number of carbonyl (C=O) groups excluding carboxylic acids is 1. The molecule has 1 N–H and O–H groups in total. The lowest BCUT2D eigenvalue weighted by molar-refractivity contribution is -0.119. The molecule has 0 fully saturated rings. The van der Waals surface area contributed by atoms with Crippen LogP contribution in [0.15, 0.2) is 77.6 Å². The van der Waals surface area contributed by atoms with E-state index in [1.807, 2.05) is 37.3 Å². The zero-order valence-corrected chi connectivity index (χ0v) is 19.1. The van der Waals surface area contributed by atoms with E-state index in [9.17, 15) is 19.5 Å². The van der Waals surface area contributed by atoms with Gasteiger partial charge in [0.2, 0.25) is 5.91 Å². The summed E-state index contributed by atoms with van der Waals surface area (Å²) in [6.45, 7) is 4.20. The van der Waals surface area contributed by atoms with E-state index >= 15 is 0 Å². The minimum Gasteiger partial charge on any atom is -0.478 e. The fourth-order valence-electron chi connectivity index (χ4n) is 3.95. The Morgan fingerprint density at radius 2 is 1.56 bits per heavy atom. The number of likely N-dealkylation sites (N-methyl/N-ethyl adjacent to an activating group) is 1. The number of nitrogens with zero attached hydrogens (tertiary/aromatic N) is 3. The van der Waals surface area contributed by atoms with E-state index < -0.39 is 5.97 Å². The summed E-state index contributed by atoms with van der Waals surface area (Å²) in [6, 6.07) is 21.2. The van der Waals surface area contributed by atoms with Crippen LogP contribution in [0.25, 0.3) is 22.0 Å². The molecule has 0 saturated heterocycles. The third-order valence-electron chi connectivity index (χ3n) is 5.83. The minimum atomic E-state index is -1.02. The highest BCUT2D eigenvalue weighted by Crippen LogP contribution is 2.25. The van der Waals surface area contributed by atoms with Gasteiger partial charge in [0.25, 0.3) is 5.56 Å². The largest absolute Gasteiger partial charge is 0.478 e. The average molecular weight is 456 g/mol. The van der Waals surface area contributed by atoms with Crippen LogP contribution in [0, 0.1) is 0 Å². The van der Waals surface area contributed by atoms with Crippen LogP contribution in [0.1, 0.15) is 29.8 Å². The van der Waals surface area contributed by atoms with Crippen LogP contribution in [0.4, 0.5) is 5.69 Å². The molecule has 4 rings (SSSR count). The molecule has 0 aliphatic carbocycles. The SMILES string of the molecule is CCc1ccc(N(CC)C(=O)Cn2nc(-c3ccc(C(=O)O)cc3)c3ccccc3c2=O)cc1.